The molecule has 1 unspecified atom stereocenters. The highest BCUT2D eigenvalue weighted by Gasteiger charge is 2.23. The molecule has 0 aliphatic rings. The quantitative estimate of drug-likeness (QED) is 0.770. The number of carbonyl (C=O) groups excluding carboxylic acids is 1. The van der Waals surface area contributed by atoms with Gasteiger partial charge in [-0.25, -0.2) is 4.98 Å². The second kappa shape index (κ2) is 6.25. The SMILES string of the molecule is CCc1sc2ncn(C(CC)C(N)=O)c(=O)c2c1-c1cccs1. The number of fused-ring (bicyclic) bond motifs is 1. The molecule has 0 aliphatic heterocycles. The molecule has 0 spiro atoms. The van der Waals surface area contributed by atoms with Gasteiger partial charge in [-0.1, -0.05) is 19.9 Å². The molecule has 0 saturated carbocycles. The molecule has 1 amide bonds. The van der Waals surface area contributed by atoms with Crippen molar-refractivity contribution in [2.75, 3.05) is 0 Å². The van der Waals surface area contributed by atoms with Gasteiger partial charge in [0.2, 0.25) is 5.91 Å². The third kappa shape index (κ3) is 2.60. The van der Waals surface area contributed by atoms with Crippen LogP contribution in [0.15, 0.2) is 28.6 Å². The fourth-order valence-electron chi connectivity index (χ4n) is 2.74. The number of hydrogen-bond donors (Lipinski definition) is 1. The van der Waals surface area contributed by atoms with E-state index in [0.717, 1.165) is 21.7 Å². The molecule has 3 heterocycles. The first-order chi connectivity index (χ1) is 11.1. The fraction of sp³-hybridized carbons (Fsp3) is 0.312. The van der Waals surface area contributed by atoms with Crippen LogP contribution in [0.2, 0.25) is 0 Å². The van der Waals surface area contributed by atoms with Crippen molar-refractivity contribution < 1.29 is 4.79 Å². The van der Waals surface area contributed by atoms with Gasteiger partial charge >= 0.3 is 0 Å². The Kier molecular flexibility index (Phi) is 4.32. The van der Waals surface area contributed by atoms with Crippen molar-refractivity contribution in [2.45, 2.75) is 32.7 Å². The zero-order chi connectivity index (χ0) is 16.6. The Morgan fingerprint density at radius 3 is 2.78 bits per heavy atom. The van der Waals surface area contributed by atoms with Crippen molar-refractivity contribution in [1.29, 1.82) is 0 Å². The molecular formula is C16H17N3O2S2. The van der Waals surface area contributed by atoms with Gasteiger partial charge in [-0.05, 0) is 24.3 Å². The molecule has 0 aliphatic carbocycles. The lowest BCUT2D eigenvalue weighted by Gasteiger charge is -2.14. The number of aromatic nitrogens is 2. The van der Waals surface area contributed by atoms with E-state index in [9.17, 15) is 9.59 Å². The number of nitrogens with zero attached hydrogens (tertiary/aromatic N) is 2. The van der Waals surface area contributed by atoms with Gasteiger partial charge in [-0.2, -0.15) is 0 Å². The summed E-state index contributed by atoms with van der Waals surface area (Å²) in [4.78, 5) is 32.0. The third-order valence-corrected chi connectivity index (χ3v) is 5.98. The first kappa shape index (κ1) is 15.9. The first-order valence-corrected chi connectivity index (χ1v) is 9.13. The summed E-state index contributed by atoms with van der Waals surface area (Å²) in [5.74, 6) is -0.514. The van der Waals surface area contributed by atoms with Crippen LogP contribution < -0.4 is 11.3 Å². The number of aryl methyl sites for hydroxylation is 1. The van der Waals surface area contributed by atoms with Gasteiger partial charge in [0.25, 0.3) is 5.56 Å². The molecule has 2 N–H and O–H groups in total. The molecule has 23 heavy (non-hydrogen) atoms. The second-order valence-electron chi connectivity index (χ2n) is 5.19. The van der Waals surface area contributed by atoms with Crippen LogP contribution in [0, 0.1) is 0 Å². The lowest BCUT2D eigenvalue weighted by atomic mass is 10.1. The molecule has 0 radical (unpaired) electrons. The summed E-state index contributed by atoms with van der Waals surface area (Å²) in [6.07, 6.45) is 2.74. The highest BCUT2D eigenvalue weighted by atomic mass is 32.1. The molecular weight excluding hydrogens is 330 g/mol. The minimum atomic E-state index is -0.666. The number of carbonyl (C=O) groups is 1. The fourth-order valence-corrected chi connectivity index (χ4v) is 4.69. The van der Waals surface area contributed by atoms with Gasteiger partial charge < -0.3 is 5.73 Å². The van der Waals surface area contributed by atoms with Crippen LogP contribution in [0.1, 0.15) is 31.2 Å². The van der Waals surface area contributed by atoms with Gasteiger partial charge in [0.1, 0.15) is 10.9 Å². The van der Waals surface area contributed by atoms with Crippen LogP contribution in [-0.4, -0.2) is 15.5 Å². The largest absolute Gasteiger partial charge is 0.368 e. The average molecular weight is 347 g/mol. The van der Waals surface area contributed by atoms with Crippen molar-refractivity contribution in [3.63, 3.8) is 0 Å². The van der Waals surface area contributed by atoms with Crippen LogP contribution in [0.5, 0.6) is 0 Å². The summed E-state index contributed by atoms with van der Waals surface area (Å²) in [5.41, 5.74) is 6.19. The van der Waals surface area contributed by atoms with E-state index >= 15 is 0 Å². The van der Waals surface area contributed by atoms with Crippen molar-refractivity contribution in [3.8, 4) is 10.4 Å². The number of hydrogen-bond acceptors (Lipinski definition) is 5. The zero-order valence-corrected chi connectivity index (χ0v) is 14.5. The summed E-state index contributed by atoms with van der Waals surface area (Å²) in [6, 6.07) is 3.31. The van der Waals surface area contributed by atoms with Crippen LogP contribution in [0.25, 0.3) is 20.7 Å². The first-order valence-electron chi connectivity index (χ1n) is 7.44. The smallest absolute Gasteiger partial charge is 0.263 e. The minimum Gasteiger partial charge on any atom is -0.368 e. The standard InChI is InChI=1S/C16H17N3O2S2/c1-3-9(14(17)20)19-8-18-15-13(16(19)21)12(10(4-2)23-15)11-6-5-7-22-11/h5-9H,3-4H2,1-2H3,(H2,17,20). The highest BCUT2D eigenvalue weighted by molar-refractivity contribution is 7.20. The zero-order valence-electron chi connectivity index (χ0n) is 12.9. The van der Waals surface area contributed by atoms with E-state index in [1.54, 1.807) is 11.3 Å². The average Bonchev–Trinajstić information content (AvgIpc) is 3.16. The van der Waals surface area contributed by atoms with Crippen LogP contribution in [0.4, 0.5) is 0 Å². The maximum absolute atomic E-state index is 13.0. The van der Waals surface area contributed by atoms with E-state index < -0.39 is 11.9 Å². The topological polar surface area (TPSA) is 78.0 Å². The van der Waals surface area contributed by atoms with Gasteiger partial charge in [-0.3, -0.25) is 14.2 Å². The lowest BCUT2D eigenvalue weighted by Crippen LogP contribution is -2.33. The van der Waals surface area contributed by atoms with Gasteiger partial charge in [0.05, 0.1) is 11.7 Å². The van der Waals surface area contributed by atoms with Gasteiger partial charge in [0, 0.05) is 15.3 Å². The van der Waals surface area contributed by atoms with Crippen molar-refractivity contribution in [1.82, 2.24) is 9.55 Å². The number of primary amides is 1. The summed E-state index contributed by atoms with van der Waals surface area (Å²) in [7, 11) is 0. The van der Waals surface area contributed by atoms with Crippen LogP contribution in [-0.2, 0) is 11.2 Å². The Balaban J connectivity index is 2.34. The Bertz CT molecular complexity index is 909. The molecule has 3 rings (SSSR count). The molecule has 0 saturated heterocycles. The van der Waals surface area contributed by atoms with E-state index in [2.05, 4.69) is 11.9 Å². The van der Waals surface area contributed by atoms with Crippen molar-refractivity contribution in [2.24, 2.45) is 5.73 Å². The maximum Gasteiger partial charge on any atom is 0.263 e. The van der Waals surface area contributed by atoms with E-state index in [1.807, 2.05) is 24.4 Å². The summed E-state index contributed by atoms with van der Waals surface area (Å²) in [5, 5.41) is 2.59. The Labute approximate surface area is 141 Å². The van der Waals surface area contributed by atoms with E-state index in [1.165, 1.54) is 22.2 Å². The summed E-state index contributed by atoms with van der Waals surface area (Å²) in [6.45, 7) is 3.90. The molecule has 0 bridgehead atoms. The van der Waals surface area contributed by atoms with E-state index in [0.29, 0.717) is 16.6 Å². The van der Waals surface area contributed by atoms with Crippen molar-refractivity contribution in [3.05, 3.63) is 39.1 Å². The number of nitrogens with two attached hydrogens (primary N) is 1. The predicted octanol–water partition coefficient (Wildman–Crippen LogP) is 3.19. The third-order valence-electron chi connectivity index (χ3n) is 3.85. The van der Waals surface area contributed by atoms with Gasteiger partial charge in [0.15, 0.2) is 0 Å². The van der Waals surface area contributed by atoms with Gasteiger partial charge in [-0.15, -0.1) is 22.7 Å². The van der Waals surface area contributed by atoms with Crippen molar-refractivity contribution >= 4 is 38.8 Å². The molecule has 1 atom stereocenters. The molecule has 3 aromatic rings. The Hall–Kier alpha value is -1.99. The molecule has 0 aromatic carbocycles. The van der Waals surface area contributed by atoms with Crippen LogP contribution in [0.3, 0.4) is 0 Å². The molecule has 0 fully saturated rings. The highest BCUT2D eigenvalue weighted by Crippen LogP contribution is 2.38. The number of thiophene rings is 2. The molecule has 3 aromatic heterocycles. The predicted molar refractivity (Wildman–Crippen MR) is 95.1 cm³/mol. The lowest BCUT2D eigenvalue weighted by molar-refractivity contribution is -0.121. The monoisotopic (exact) mass is 347 g/mol. The van der Waals surface area contributed by atoms with E-state index in [-0.39, 0.29) is 5.56 Å². The normalized spacial score (nSPS) is 12.6. The number of amides is 1. The Morgan fingerprint density at radius 1 is 1.43 bits per heavy atom. The molecule has 5 nitrogen and oxygen atoms in total. The second-order valence-corrected chi connectivity index (χ2v) is 7.23. The van der Waals surface area contributed by atoms with E-state index in [4.69, 9.17) is 5.73 Å². The van der Waals surface area contributed by atoms with Crippen LogP contribution >= 0.6 is 22.7 Å². The Morgan fingerprint density at radius 2 is 2.22 bits per heavy atom. The summed E-state index contributed by atoms with van der Waals surface area (Å²) >= 11 is 3.14. The minimum absolute atomic E-state index is 0.194. The molecule has 7 heteroatoms. The maximum atomic E-state index is 13.0. The summed E-state index contributed by atoms with van der Waals surface area (Å²) < 4.78 is 1.37. The molecule has 120 valence electrons. The number of rotatable bonds is 5.